The minimum absolute atomic E-state index is 0.0761. The van der Waals surface area contributed by atoms with Crippen molar-refractivity contribution < 1.29 is 23.1 Å². The van der Waals surface area contributed by atoms with Crippen LogP contribution in [0.25, 0.3) is 22.4 Å². The number of nitrogens with zero attached hydrogens (tertiary/aromatic N) is 1. The van der Waals surface area contributed by atoms with Gasteiger partial charge in [0.15, 0.2) is 11.6 Å². The van der Waals surface area contributed by atoms with E-state index in [1.807, 2.05) is 0 Å². The summed E-state index contributed by atoms with van der Waals surface area (Å²) in [4.78, 5) is 15.6. The summed E-state index contributed by atoms with van der Waals surface area (Å²) in [6.45, 7) is 1.52. The second kappa shape index (κ2) is 4.66. The zero-order chi connectivity index (χ0) is 15.1. The smallest absolute Gasteiger partial charge is 0.336 e. The third-order valence-electron chi connectivity index (χ3n) is 3.22. The van der Waals surface area contributed by atoms with Crippen LogP contribution in [0.3, 0.4) is 0 Å². The van der Waals surface area contributed by atoms with Crippen molar-refractivity contribution in [1.82, 2.24) is 4.98 Å². The number of halogens is 2. The predicted molar refractivity (Wildman–Crippen MR) is 71.1 cm³/mol. The van der Waals surface area contributed by atoms with Gasteiger partial charge in [-0.05, 0) is 30.7 Å². The van der Waals surface area contributed by atoms with Crippen LogP contribution in [0.5, 0.6) is 0 Å². The minimum Gasteiger partial charge on any atom is -0.478 e. The van der Waals surface area contributed by atoms with Crippen LogP contribution in [0.4, 0.5) is 8.78 Å². The standard InChI is InChI=1S/C15H9F2NO3/c1-7-12(15(19)20)9-5-8(16)6-10(17)14(9)18-13(7)11-3-2-4-21-11/h2-6H,1H3,(H,19,20). The van der Waals surface area contributed by atoms with Gasteiger partial charge in [-0.1, -0.05) is 0 Å². The Morgan fingerprint density at radius 3 is 2.71 bits per heavy atom. The highest BCUT2D eigenvalue weighted by Crippen LogP contribution is 2.31. The van der Waals surface area contributed by atoms with Gasteiger partial charge >= 0.3 is 5.97 Å². The van der Waals surface area contributed by atoms with Gasteiger partial charge in [-0.15, -0.1) is 0 Å². The third kappa shape index (κ3) is 2.05. The number of pyridine rings is 1. The molecule has 3 rings (SSSR count). The number of carbonyl (C=O) groups is 1. The first kappa shape index (κ1) is 13.2. The summed E-state index contributed by atoms with van der Waals surface area (Å²) in [6, 6.07) is 4.84. The number of fused-ring (bicyclic) bond motifs is 1. The molecule has 3 aromatic rings. The van der Waals surface area contributed by atoms with Crippen LogP contribution in [0.1, 0.15) is 15.9 Å². The molecule has 21 heavy (non-hydrogen) atoms. The van der Waals surface area contributed by atoms with Gasteiger partial charge in [0.05, 0.1) is 11.8 Å². The maximum atomic E-state index is 13.9. The molecule has 0 aliphatic carbocycles. The summed E-state index contributed by atoms with van der Waals surface area (Å²) < 4.78 is 32.5. The Kier molecular flexibility index (Phi) is 2.94. The molecule has 6 heteroatoms. The number of rotatable bonds is 2. The van der Waals surface area contributed by atoms with Crippen LogP contribution in [-0.2, 0) is 0 Å². The molecule has 0 aliphatic rings. The molecular formula is C15H9F2NO3. The lowest BCUT2D eigenvalue weighted by molar-refractivity contribution is 0.0698. The van der Waals surface area contributed by atoms with E-state index in [1.165, 1.54) is 13.2 Å². The van der Waals surface area contributed by atoms with Gasteiger partial charge in [0, 0.05) is 11.5 Å². The summed E-state index contributed by atoms with van der Waals surface area (Å²) >= 11 is 0. The van der Waals surface area contributed by atoms with Gasteiger partial charge in [0.25, 0.3) is 0 Å². The fourth-order valence-electron chi connectivity index (χ4n) is 2.32. The fourth-order valence-corrected chi connectivity index (χ4v) is 2.32. The van der Waals surface area contributed by atoms with Crippen molar-refractivity contribution in [2.45, 2.75) is 6.92 Å². The van der Waals surface area contributed by atoms with E-state index in [-0.39, 0.29) is 27.7 Å². The van der Waals surface area contributed by atoms with E-state index in [0.717, 1.165) is 6.07 Å². The van der Waals surface area contributed by atoms with Crippen molar-refractivity contribution in [3.63, 3.8) is 0 Å². The molecule has 0 bridgehead atoms. The first-order valence-corrected chi connectivity index (χ1v) is 6.05. The van der Waals surface area contributed by atoms with E-state index in [1.54, 1.807) is 12.1 Å². The number of hydrogen-bond acceptors (Lipinski definition) is 3. The molecule has 0 radical (unpaired) electrons. The minimum atomic E-state index is -1.28. The summed E-state index contributed by atoms with van der Waals surface area (Å²) in [5.74, 6) is -2.73. The van der Waals surface area contributed by atoms with Crippen molar-refractivity contribution >= 4 is 16.9 Å². The number of aromatic nitrogens is 1. The van der Waals surface area contributed by atoms with Crippen molar-refractivity contribution in [3.05, 3.63) is 53.3 Å². The molecule has 1 aromatic carbocycles. The average molecular weight is 289 g/mol. The number of furan rings is 1. The largest absolute Gasteiger partial charge is 0.478 e. The van der Waals surface area contributed by atoms with Crippen LogP contribution in [-0.4, -0.2) is 16.1 Å². The molecule has 2 aromatic heterocycles. The van der Waals surface area contributed by atoms with E-state index in [9.17, 15) is 18.7 Å². The molecule has 0 saturated carbocycles. The van der Waals surface area contributed by atoms with Crippen LogP contribution in [0.2, 0.25) is 0 Å². The summed E-state index contributed by atoms with van der Waals surface area (Å²) in [5.41, 5.74) is 0.112. The molecule has 2 heterocycles. The Morgan fingerprint density at radius 1 is 1.33 bits per heavy atom. The molecular weight excluding hydrogens is 280 g/mol. The van der Waals surface area contributed by atoms with Crippen LogP contribution in [0.15, 0.2) is 34.9 Å². The topological polar surface area (TPSA) is 63.3 Å². The Bertz CT molecular complexity index is 857. The lowest BCUT2D eigenvalue weighted by atomic mass is 10.00. The van der Waals surface area contributed by atoms with Crippen LogP contribution >= 0.6 is 0 Å². The molecule has 4 nitrogen and oxygen atoms in total. The van der Waals surface area contributed by atoms with E-state index in [4.69, 9.17) is 4.42 Å². The summed E-state index contributed by atoms with van der Waals surface area (Å²) in [7, 11) is 0. The maximum Gasteiger partial charge on any atom is 0.336 e. The predicted octanol–water partition coefficient (Wildman–Crippen LogP) is 3.78. The van der Waals surface area contributed by atoms with Crippen molar-refractivity contribution in [2.24, 2.45) is 0 Å². The Hall–Kier alpha value is -2.76. The van der Waals surface area contributed by atoms with E-state index in [2.05, 4.69) is 4.98 Å². The van der Waals surface area contributed by atoms with E-state index < -0.39 is 17.6 Å². The van der Waals surface area contributed by atoms with E-state index in [0.29, 0.717) is 11.8 Å². The lowest BCUT2D eigenvalue weighted by Gasteiger charge is -2.11. The Balaban J connectivity index is 2.48. The molecule has 0 spiro atoms. The lowest BCUT2D eigenvalue weighted by Crippen LogP contribution is -2.06. The third-order valence-corrected chi connectivity index (χ3v) is 3.22. The molecule has 0 fully saturated rings. The van der Waals surface area contributed by atoms with Gasteiger partial charge < -0.3 is 9.52 Å². The monoisotopic (exact) mass is 289 g/mol. The molecule has 0 saturated heterocycles. The van der Waals surface area contributed by atoms with Crippen molar-refractivity contribution in [2.75, 3.05) is 0 Å². The number of aromatic carboxylic acids is 1. The Labute approximate surface area is 117 Å². The highest BCUT2D eigenvalue weighted by atomic mass is 19.1. The maximum absolute atomic E-state index is 13.9. The zero-order valence-corrected chi connectivity index (χ0v) is 10.9. The van der Waals surface area contributed by atoms with Crippen molar-refractivity contribution in [3.8, 4) is 11.5 Å². The number of carboxylic acids is 1. The molecule has 106 valence electrons. The number of hydrogen-bond donors (Lipinski definition) is 1. The quantitative estimate of drug-likeness (QED) is 0.779. The summed E-state index contributed by atoms with van der Waals surface area (Å²) in [6.07, 6.45) is 1.40. The number of benzene rings is 1. The molecule has 0 atom stereocenters. The normalized spacial score (nSPS) is 11.0. The Morgan fingerprint density at radius 2 is 2.10 bits per heavy atom. The van der Waals surface area contributed by atoms with Gasteiger partial charge in [0.1, 0.15) is 17.0 Å². The van der Waals surface area contributed by atoms with Gasteiger partial charge in [-0.3, -0.25) is 0 Å². The highest BCUT2D eigenvalue weighted by Gasteiger charge is 2.21. The van der Waals surface area contributed by atoms with Gasteiger partial charge in [-0.2, -0.15) is 0 Å². The van der Waals surface area contributed by atoms with Gasteiger partial charge in [0.2, 0.25) is 0 Å². The SMILES string of the molecule is Cc1c(-c2ccco2)nc2c(F)cc(F)cc2c1C(=O)O. The second-order valence-electron chi connectivity index (χ2n) is 4.53. The highest BCUT2D eigenvalue weighted by molar-refractivity contribution is 6.05. The second-order valence-corrected chi connectivity index (χ2v) is 4.53. The molecule has 1 N–H and O–H groups in total. The first-order chi connectivity index (χ1) is 9.99. The fraction of sp³-hybridized carbons (Fsp3) is 0.0667. The van der Waals surface area contributed by atoms with Crippen LogP contribution in [0, 0.1) is 18.6 Å². The number of carboxylic acid groups (broad SMARTS) is 1. The van der Waals surface area contributed by atoms with Crippen molar-refractivity contribution in [1.29, 1.82) is 0 Å². The summed E-state index contributed by atoms with van der Waals surface area (Å²) in [5, 5.41) is 9.29. The van der Waals surface area contributed by atoms with E-state index >= 15 is 0 Å². The van der Waals surface area contributed by atoms with Gasteiger partial charge in [-0.25, -0.2) is 18.6 Å². The average Bonchev–Trinajstić information content (AvgIpc) is 2.91. The molecule has 0 amide bonds. The van der Waals surface area contributed by atoms with Crippen LogP contribution < -0.4 is 0 Å². The molecule has 0 unspecified atom stereocenters. The first-order valence-electron chi connectivity index (χ1n) is 6.05. The molecule has 0 aliphatic heterocycles. The zero-order valence-electron chi connectivity index (χ0n) is 10.9.